The summed E-state index contributed by atoms with van der Waals surface area (Å²) in [4.78, 5) is 31.9. The van der Waals surface area contributed by atoms with Gasteiger partial charge in [-0.15, -0.1) is 10.2 Å². The Kier molecular flexibility index (Phi) is 7.36. The number of aliphatic hydroxyl groups is 1. The van der Waals surface area contributed by atoms with E-state index in [4.69, 9.17) is 11.6 Å². The molecule has 1 unspecified atom stereocenters. The summed E-state index contributed by atoms with van der Waals surface area (Å²) in [5, 5.41) is 20.6. The monoisotopic (exact) mass is 548 g/mol. The van der Waals surface area contributed by atoms with E-state index in [1.807, 2.05) is 48.5 Å². The summed E-state index contributed by atoms with van der Waals surface area (Å²) in [5.41, 5.74) is 3.29. The number of ketones is 1. The van der Waals surface area contributed by atoms with Gasteiger partial charge in [-0.2, -0.15) is 0 Å². The Morgan fingerprint density at radius 3 is 2.35 bits per heavy atom. The maximum absolute atomic E-state index is 13.3. The number of aryl methyl sites for hydroxylation is 1. The number of carbonyl (C=O) groups is 2. The van der Waals surface area contributed by atoms with Crippen LogP contribution in [0.4, 0.5) is 5.13 Å². The van der Waals surface area contributed by atoms with Gasteiger partial charge < -0.3 is 5.11 Å². The number of pyridine rings is 1. The summed E-state index contributed by atoms with van der Waals surface area (Å²) in [6.07, 6.45) is 3.89. The fourth-order valence-electron chi connectivity index (χ4n) is 4.03. The Bertz CT molecular complexity index is 1470. The highest BCUT2D eigenvalue weighted by Crippen LogP contribution is 2.44. The molecule has 4 aromatic rings. The molecule has 1 fully saturated rings. The van der Waals surface area contributed by atoms with E-state index in [-0.39, 0.29) is 11.3 Å². The number of carbonyl (C=O) groups excluding carboxylic acids is 2. The molecule has 0 saturated carbocycles. The molecule has 2 aromatic heterocycles. The van der Waals surface area contributed by atoms with Crippen molar-refractivity contribution in [3.63, 3.8) is 0 Å². The molecule has 1 saturated heterocycles. The zero-order valence-corrected chi connectivity index (χ0v) is 22.1. The topological polar surface area (TPSA) is 96.3 Å². The second-order valence-electron chi connectivity index (χ2n) is 8.27. The van der Waals surface area contributed by atoms with E-state index >= 15 is 0 Å². The van der Waals surface area contributed by atoms with E-state index in [2.05, 4.69) is 22.1 Å². The van der Waals surface area contributed by atoms with Gasteiger partial charge in [-0.05, 0) is 47.4 Å². The molecule has 7 nitrogen and oxygen atoms in total. The van der Waals surface area contributed by atoms with Crippen molar-refractivity contribution in [3.05, 3.63) is 106 Å². The van der Waals surface area contributed by atoms with E-state index in [0.29, 0.717) is 31.4 Å². The summed E-state index contributed by atoms with van der Waals surface area (Å²) in [6, 6.07) is 17.5. The number of Topliss-reactive ketones (excluding diaryl/α,β-unsaturated/α-hetero) is 1. The van der Waals surface area contributed by atoms with Crippen LogP contribution >= 0.6 is 34.7 Å². The highest BCUT2D eigenvalue weighted by Gasteiger charge is 2.48. The van der Waals surface area contributed by atoms with Crippen LogP contribution in [0.2, 0.25) is 5.02 Å². The van der Waals surface area contributed by atoms with Gasteiger partial charge in [-0.25, -0.2) is 0 Å². The van der Waals surface area contributed by atoms with Crippen molar-refractivity contribution < 1.29 is 14.7 Å². The standard InChI is InChI=1S/C27H21ClN4O3S2/c1-2-16-3-7-18(8-4-16)22-21(23(33)19-11-13-29-14-12-19)24(34)25(35)32(22)26-30-31-27(37-26)36-15-17-5-9-20(28)10-6-17/h3-14,22,33H,2,15H2,1H3/b23-21+. The van der Waals surface area contributed by atoms with Gasteiger partial charge in [0.25, 0.3) is 5.78 Å². The van der Waals surface area contributed by atoms with Crippen molar-refractivity contribution in [2.75, 3.05) is 4.90 Å². The predicted molar refractivity (Wildman–Crippen MR) is 146 cm³/mol. The van der Waals surface area contributed by atoms with Crippen LogP contribution in [0.15, 0.2) is 83.0 Å². The quantitative estimate of drug-likeness (QED) is 0.0984. The summed E-state index contributed by atoms with van der Waals surface area (Å²) in [6.45, 7) is 2.05. The van der Waals surface area contributed by atoms with Crippen LogP contribution in [0, 0.1) is 0 Å². The summed E-state index contributed by atoms with van der Waals surface area (Å²) in [7, 11) is 0. The first-order valence-corrected chi connectivity index (χ1v) is 13.6. The van der Waals surface area contributed by atoms with Crippen molar-refractivity contribution in [1.82, 2.24) is 15.2 Å². The van der Waals surface area contributed by atoms with E-state index < -0.39 is 17.7 Å². The average Bonchev–Trinajstić information content (AvgIpc) is 3.50. The Balaban J connectivity index is 1.52. The lowest BCUT2D eigenvalue weighted by Crippen LogP contribution is -2.29. The molecule has 0 radical (unpaired) electrons. The molecule has 10 heteroatoms. The number of rotatable bonds is 7. The van der Waals surface area contributed by atoms with Crippen molar-refractivity contribution in [2.24, 2.45) is 0 Å². The number of aromatic nitrogens is 3. The minimum absolute atomic E-state index is 0.00557. The van der Waals surface area contributed by atoms with Gasteiger partial charge in [0.15, 0.2) is 4.34 Å². The molecule has 186 valence electrons. The summed E-state index contributed by atoms with van der Waals surface area (Å²) < 4.78 is 0.654. The fourth-order valence-corrected chi connectivity index (χ4v) is 5.98. The van der Waals surface area contributed by atoms with Crippen LogP contribution < -0.4 is 4.90 Å². The Labute approximate surface area is 226 Å². The smallest absolute Gasteiger partial charge is 0.301 e. The van der Waals surface area contributed by atoms with Gasteiger partial charge in [-0.3, -0.25) is 19.5 Å². The maximum Gasteiger partial charge on any atom is 0.301 e. The lowest BCUT2D eigenvalue weighted by Gasteiger charge is -2.22. The predicted octanol–water partition coefficient (Wildman–Crippen LogP) is 6.07. The van der Waals surface area contributed by atoms with Crippen molar-refractivity contribution in [1.29, 1.82) is 0 Å². The number of aliphatic hydroxyl groups excluding tert-OH is 1. The fraction of sp³-hybridized carbons (Fsp3) is 0.148. The Morgan fingerprint density at radius 2 is 1.68 bits per heavy atom. The molecule has 0 bridgehead atoms. The molecule has 1 N–H and O–H groups in total. The normalized spacial score (nSPS) is 16.9. The number of anilines is 1. The van der Waals surface area contributed by atoms with Gasteiger partial charge in [0, 0.05) is 28.7 Å². The van der Waals surface area contributed by atoms with Crippen molar-refractivity contribution in [3.8, 4) is 0 Å². The first-order valence-electron chi connectivity index (χ1n) is 11.5. The third-order valence-corrected chi connectivity index (χ3v) is 8.36. The second kappa shape index (κ2) is 10.8. The Hall–Kier alpha value is -3.53. The number of halogens is 1. The molecule has 37 heavy (non-hydrogen) atoms. The van der Waals surface area contributed by atoms with Crippen molar-refractivity contribution >= 4 is 57.3 Å². The van der Waals surface area contributed by atoms with Gasteiger partial charge in [0.1, 0.15) is 5.76 Å². The molecule has 1 amide bonds. The number of nitrogens with zero attached hydrogens (tertiary/aromatic N) is 4. The van der Waals surface area contributed by atoms with Gasteiger partial charge in [0.2, 0.25) is 5.13 Å². The molecular weight excluding hydrogens is 528 g/mol. The molecule has 5 rings (SSSR count). The zero-order chi connectivity index (χ0) is 25.9. The molecule has 3 heterocycles. The third kappa shape index (κ3) is 5.16. The average molecular weight is 549 g/mol. The number of benzene rings is 2. The first-order chi connectivity index (χ1) is 18.0. The molecule has 0 aliphatic carbocycles. The van der Waals surface area contributed by atoms with E-state index in [9.17, 15) is 14.7 Å². The summed E-state index contributed by atoms with van der Waals surface area (Å²) in [5.74, 6) is -1.14. The van der Waals surface area contributed by atoms with Crippen LogP contribution in [0.3, 0.4) is 0 Å². The van der Waals surface area contributed by atoms with Crippen LogP contribution in [0.25, 0.3) is 5.76 Å². The van der Waals surface area contributed by atoms with Gasteiger partial charge in [-0.1, -0.05) is 78.0 Å². The van der Waals surface area contributed by atoms with Gasteiger partial charge >= 0.3 is 5.91 Å². The highest BCUT2D eigenvalue weighted by atomic mass is 35.5. The molecule has 1 atom stereocenters. The number of thioether (sulfide) groups is 1. The molecule has 1 aliphatic heterocycles. The molecular formula is C27H21ClN4O3S2. The SMILES string of the molecule is CCc1ccc(C2/C(=C(\O)c3ccncc3)C(=O)C(=O)N2c2nnc(SCc3ccc(Cl)cc3)s2)cc1. The molecule has 2 aromatic carbocycles. The third-order valence-electron chi connectivity index (χ3n) is 5.98. The largest absolute Gasteiger partial charge is 0.507 e. The van der Waals surface area contributed by atoms with E-state index in [0.717, 1.165) is 17.5 Å². The van der Waals surface area contributed by atoms with Crippen LogP contribution in [0.5, 0.6) is 0 Å². The van der Waals surface area contributed by atoms with Crippen LogP contribution in [-0.2, 0) is 21.8 Å². The van der Waals surface area contributed by atoms with Crippen LogP contribution in [0.1, 0.15) is 35.2 Å². The zero-order valence-electron chi connectivity index (χ0n) is 19.7. The van der Waals surface area contributed by atoms with E-state index in [1.54, 1.807) is 12.1 Å². The number of hydrogen-bond donors (Lipinski definition) is 1. The number of hydrogen-bond acceptors (Lipinski definition) is 8. The lowest BCUT2D eigenvalue weighted by molar-refractivity contribution is -0.132. The first kappa shape index (κ1) is 25.1. The highest BCUT2D eigenvalue weighted by molar-refractivity contribution is 8.00. The van der Waals surface area contributed by atoms with E-state index in [1.165, 1.54) is 40.4 Å². The minimum Gasteiger partial charge on any atom is -0.507 e. The van der Waals surface area contributed by atoms with Crippen molar-refractivity contribution in [2.45, 2.75) is 29.5 Å². The maximum atomic E-state index is 13.3. The minimum atomic E-state index is -0.846. The molecule has 0 spiro atoms. The number of amides is 1. The lowest BCUT2D eigenvalue weighted by atomic mass is 9.95. The second-order valence-corrected chi connectivity index (χ2v) is 10.9. The molecule has 1 aliphatic rings. The van der Waals surface area contributed by atoms with Crippen LogP contribution in [-0.4, -0.2) is 32.0 Å². The Morgan fingerprint density at radius 1 is 1.00 bits per heavy atom. The summed E-state index contributed by atoms with van der Waals surface area (Å²) >= 11 is 8.67. The van der Waals surface area contributed by atoms with Gasteiger partial charge in [0.05, 0.1) is 11.6 Å².